The summed E-state index contributed by atoms with van der Waals surface area (Å²) >= 11 is 0. The largest absolute Gasteiger partial charge is 0.373 e. The predicted octanol–water partition coefficient (Wildman–Crippen LogP) is 9.08. The van der Waals surface area contributed by atoms with Gasteiger partial charge in [0.1, 0.15) is 0 Å². The fourth-order valence-electron chi connectivity index (χ4n) is 6.49. The van der Waals surface area contributed by atoms with Gasteiger partial charge in [0.15, 0.2) is 0 Å². The molecule has 0 radical (unpaired) electrons. The summed E-state index contributed by atoms with van der Waals surface area (Å²) in [6, 6.07) is 41.9. The number of nitrogens with zero attached hydrogens (tertiary/aromatic N) is 4. The Hall–Kier alpha value is -5.74. The molecule has 0 aliphatic carbocycles. The third kappa shape index (κ3) is 10.7. The Bertz CT molecular complexity index is 2200. The first-order chi connectivity index (χ1) is 26.7. The van der Waals surface area contributed by atoms with Crippen LogP contribution in [0.15, 0.2) is 143 Å². The van der Waals surface area contributed by atoms with Crippen LogP contribution in [-0.2, 0) is 22.9 Å². The van der Waals surface area contributed by atoms with Crippen LogP contribution in [0.5, 0.6) is 0 Å². The maximum absolute atomic E-state index is 13.1. The zero-order valence-corrected chi connectivity index (χ0v) is 32.6. The Morgan fingerprint density at radius 2 is 1.33 bits per heavy atom. The number of aryl methyl sites for hydroxylation is 2. The molecule has 0 aliphatic rings. The zero-order chi connectivity index (χ0) is 38.6. The van der Waals surface area contributed by atoms with Gasteiger partial charge < -0.3 is 14.3 Å². The van der Waals surface area contributed by atoms with E-state index in [4.69, 9.17) is 9.51 Å². The molecule has 9 nitrogen and oxygen atoms in total. The molecule has 10 heteroatoms. The lowest BCUT2D eigenvalue weighted by Gasteiger charge is -2.32. The van der Waals surface area contributed by atoms with E-state index >= 15 is 0 Å². The van der Waals surface area contributed by atoms with Crippen molar-refractivity contribution in [2.75, 3.05) is 36.5 Å². The molecular formula is C45H49N5O4S. The molecule has 55 heavy (non-hydrogen) atoms. The molecule has 1 N–H and O–H groups in total. The molecule has 0 aliphatic heterocycles. The molecule has 5 aromatic carbocycles. The van der Waals surface area contributed by atoms with Crippen LogP contribution in [0.1, 0.15) is 54.6 Å². The molecule has 0 atom stereocenters. The van der Waals surface area contributed by atoms with E-state index in [1.54, 1.807) is 42.5 Å². The van der Waals surface area contributed by atoms with Gasteiger partial charge in [-0.15, -0.1) is 0 Å². The molecule has 6 rings (SSSR count). The van der Waals surface area contributed by atoms with Crippen LogP contribution in [-0.4, -0.2) is 51.1 Å². The first-order valence-electron chi connectivity index (χ1n) is 18.9. The van der Waals surface area contributed by atoms with Gasteiger partial charge in [0.2, 0.25) is 5.82 Å². The Morgan fingerprint density at radius 3 is 1.95 bits per heavy atom. The van der Waals surface area contributed by atoms with Crippen LogP contribution < -0.4 is 14.5 Å². The molecule has 0 fully saturated rings. The summed E-state index contributed by atoms with van der Waals surface area (Å²) in [6.45, 7) is 7.18. The lowest BCUT2D eigenvalue weighted by molar-refractivity contribution is 0.0981. The van der Waals surface area contributed by atoms with E-state index < -0.39 is 15.9 Å². The van der Waals surface area contributed by atoms with E-state index in [-0.39, 0.29) is 16.3 Å². The Labute approximate surface area is 325 Å². The standard InChI is InChI=1S/C45H49N5O4S/c1-34(2)28-31-49(3)41-27-26-37(33-42(41)50(29-14-20-35-16-7-4-8-17-35)30-15-21-36-18-9-5-10-19-36)43-46-45(54-47-43)39-23-13-22-38(32-39)44(51)48-55(52,53)40-24-11-6-12-25-40/h4-13,16-19,22-27,32-34H,14-15,20-21,28-31H2,1-3H3,(H,48,51). The van der Waals surface area contributed by atoms with Gasteiger partial charge in [0.25, 0.3) is 21.8 Å². The van der Waals surface area contributed by atoms with E-state index in [0.717, 1.165) is 68.7 Å². The second kappa shape index (κ2) is 18.5. The van der Waals surface area contributed by atoms with Crippen LogP contribution in [0, 0.1) is 5.92 Å². The maximum atomic E-state index is 13.1. The fraction of sp³-hybridized carbons (Fsp3) is 0.267. The average Bonchev–Trinajstić information content (AvgIpc) is 3.71. The number of hydrogen-bond acceptors (Lipinski definition) is 8. The summed E-state index contributed by atoms with van der Waals surface area (Å²) < 4.78 is 33.5. The number of rotatable bonds is 18. The monoisotopic (exact) mass is 755 g/mol. The molecule has 284 valence electrons. The SMILES string of the molecule is CC(C)CCN(C)c1ccc(-c2noc(-c3cccc(C(=O)NS(=O)(=O)c4ccccc4)c3)n2)cc1N(CCCc1ccccc1)CCCc1ccccc1. The number of nitrogens with one attached hydrogen (secondary N) is 1. The van der Waals surface area contributed by atoms with Crippen molar-refractivity contribution in [1.29, 1.82) is 0 Å². The summed E-state index contributed by atoms with van der Waals surface area (Å²) in [5, 5.41) is 4.36. The number of benzene rings is 5. The van der Waals surface area contributed by atoms with Crippen molar-refractivity contribution in [3.8, 4) is 22.8 Å². The number of sulfonamides is 1. The maximum Gasteiger partial charge on any atom is 0.265 e. The van der Waals surface area contributed by atoms with E-state index in [1.807, 2.05) is 6.07 Å². The summed E-state index contributed by atoms with van der Waals surface area (Å²) in [5.41, 5.74) is 6.38. The number of anilines is 2. The van der Waals surface area contributed by atoms with Crippen LogP contribution in [0.25, 0.3) is 22.8 Å². The molecule has 0 saturated heterocycles. The number of aromatic nitrogens is 2. The Morgan fingerprint density at radius 1 is 0.709 bits per heavy atom. The number of carbonyl (C=O) groups excluding carboxylic acids is 1. The summed E-state index contributed by atoms with van der Waals surface area (Å²) in [4.78, 5) is 22.7. The van der Waals surface area contributed by atoms with Crippen LogP contribution in [0.4, 0.5) is 11.4 Å². The quantitative estimate of drug-likeness (QED) is 0.0926. The van der Waals surface area contributed by atoms with Crippen molar-refractivity contribution in [3.63, 3.8) is 0 Å². The van der Waals surface area contributed by atoms with Crippen LogP contribution in [0.2, 0.25) is 0 Å². The number of carbonyl (C=O) groups is 1. The highest BCUT2D eigenvalue weighted by atomic mass is 32.2. The highest BCUT2D eigenvalue weighted by molar-refractivity contribution is 7.90. The van der Waals surface area contributed by atoms with Gasteiger partial charge in [0, 0.05) is 43.4 Å². The summed E-state index contributed by atoms with van der Waals surface area (Å²) in [5.74, 6) is 0.459. The topological polar surface area (TPSA) is 109 Å². The molecule has 0 bridgehead atoms. The highest BCUT2D eigenvalue weighted by Gasteiger charge is 2.21. The van der Waals surface area contributed by atoms with Crippen molar-refractivity contribution in [2.24, 2.45) is 5.92 Å². The second-order valence-electron chi connectivity index (χ2n) is 14.2. The van der Waals surface area contributed by atoms with Crippen molar-refractivity contribution in [3.05, 3.63) is 150 Å². The van der Waals surface area contributed by atoms with Gasteiger partial charge in [-0.1, -0.05) is 104 Å². The smallest absolute Gasteiger partial charge is 0.265 e. The third-order valence-electron chi connectivity index (χ3n) is 9.58. The second-order valence-corrected chi connectivity index (χ2v) is 15.9. The van der Waals surface area contributed by atoms with E-state index in [1.165, 1.54) is 23.3 Å². The first kappa shape index (κ1) is 39.0. The Kier molecular flexibility index (Phi) is 13.1. The molecule has 0 spiro atoms. The molecule has 1 aromatic heterocycles. The predicted molar refractivity (Wildman–Crippen MR) is 221 cm³/mol. The van der Waals surface area contributed by atoms with Crippen molar-refractivity contribution in [1.82, 2.24) is 14.9 Å². The Balaban J connectivity index is 1.27. The molecular weight excluding hydrogens is 707 g/mol. The fourth-order valence-corrected chi connectivity index (χ4v) is 7.49. The highest BCUT2D eigenvalue weighted by Crippen LogP contribution is 2.35. The van der Waals surface area contributed by atoms with Crippen molar-refractivity contribution in [2.45, 2.75) is 50.8 Å². The van der Waals surface area contributed by atoms with E-state index in [9.17, 15) is 13.2 Å². The van der Waals surface area contributed by atoms with Crippen LogP contribution >= 0.6 is 0 Å². The minimum Gasteiger partial charge on any atom is -0.373 e. The van der Waals surface area contributed by atoms with Crippen molar-refractivity contribution < 1.29 is 17.7 Å². The normalized spacial score (nSPS) is 11.4. The summed E-state index contributed by atoms with van der Waals surface area (Å²) in [6.07, 6.45) is 5.04. The van der Waals surface area contributed by atoms with Crippen molar-refractivity contribution >= 4 is 27.3 Å². The molecule has 1 heterocycles. The minimum atomic E-state index is -4.05. The zero-order valence-electron chi connectivity index (χ0n) is 31.8. The first-order valence-corrected chi connectivity index (χ1v) is 20.4. The summed E-state index contributed by atoms with van der Waals surface area (Å²) in [7, 11) is -1.88. The molecule has 1 amide bonds. The van der Waals surface area contributed by atoms with Gasteiger partial charge in [-0.05, 0) is 97.7 Å². The van der Waals surface area contributed by atoms with Gasteiger partial charge >= 0.3 is 0 Å². The molecule has 0 unspecified atom stereocenters. The lowest BCUT2D eigenvalue weighted by atomic mass is 10.1. The van der Waals surface area contributed by atoms with E-state index in [0.29, 0.717) is 17.3 Å². The molecule has 0 saturated carbocycles. The van der Waals surface area contributed by atoms with E-state index in [2.05, 4.69) is 113 Å². The van der Waals surface area contributed by atoms with Gasteiger partial charge in [-0.3, -0.25) is 4.79 Å². The molecule has 6 aromatic rings. The lowest BCUT2D eigenvalue weighted by Crippen LogP contribution is -2.30. The third-order valence-corrected chi connectivity index (χ3v) is 10.9. The van der Waals surface area contributed by atoms with Gasteiger partial charge in [-0.25, -0.2) is 13.1 Å². The van der Waals surface area contributed by atoms with Gasteiger partial charge in [0.05, 0.1) is 16.3 Å². The average molecular weight is 756 g/mol. The van der Waals surface area contributed by atoms with Gasteiger partial charge in [-0.2, -0.15) is 4.98 Å². The van der Waals surface area contributed by atoms with Crippen LogP contribution in [0.3, 0.4) is 0 Å². The number of hydrogen-bond donors (Lipinski definition) is 1. The minimum absolute atomic E-state index is 0.00325. The number of amides is 1.